The summed E-state index contributed by atoms with van der Waals surface area (Å²) >= 11 is 0. The number of anilines is 2. The van der Waals surface area contributed by atoms with Gasteiger partial charge in [-0.2, -0.15) is 0 Å². The van der Waals surface area contributed by atoms with Crippen LogP contribution in [0.15, 0.2) is 54.9 Å². The first-order valence-electron chi connectivity index (χ1n) is 8.72. The minimum absolute atomic E-state index is 0.0226. The van der Waals surface area contributed by atoms with Crippen molar-refractivity contribution in [3.8, 4) is 5.75 Å². The quantitative estimate of drug-likeness (QED) is 0.610. The van der Waals surface area contributed by atoms with Gasteiger partial charge in [-0.3, -0.25) is 4.79 Å². The number of rotatable bonds is 6. The molecular formula is C21H26N4O3. The van der Waals surface area contributed by atoms with E-state index in [9.17, 15) is 9.59 Å². The van der Waals surface area contributed by atoms with Crippen LogP contribution >= 0.6 is 0 Å². The Hall–Kier alpha value is -3.48. The predicted molar refractivity (Wildman–Crippen MR) is 112 cm³/mol. The minimum atomic E-state index is -0.687. The molecule has 3 amide bonds. The van der Waals surface area contributed by atoms with Crippen molar-refractivity contribution in [3.63, 3.8) is 0 Å². The van der Waals surface area contributed by atoms with Gasteiger partial charge in [0.15, 0.2) is 0 Å². The Kier molecular flexibility index (Phi) is 6.30. The lowest BCUT2D eigenvalue weighted by molar-refractivity contribution is 0.0966. The molecule has 5 N–H and O–H groups in total. The highest BCUT2D eigenvalue weighted by Crippen LogP contribution is 2.28. The molecule has 0 spiro atoms. The largest absolute Gasteiger partial charge is 0.494 e. The normalized spacial score (nSPS) is 10.7. The zero-order valence-corrected chi connectivity index (χ0v) is 16.6. The first kappa shape index (κ1) is 20.8. The van der Waals surface area contributed by atoms with Crippen LogP contribution in [0.3, 0.4) is 0 Å². The van der Waals surface area contributed by atoms with Gasteiger partial charge in [-0.25, -0.2) is 4.79 Å². The predicted octanol–water partition coefficient (Wildman–Crippen LogP) is 3.80. The molecule has 0 saturated carbocycles. The molecule has 0 aliphatic carbocycles. The average Bonchev–Trinajstić information content (AvgIpc) is 2.61. The van der Waals surface area contributed by atoms with Crippen LogP contribution in [0, 0.1) is 0 Å². The smallest absolute Gasteiger partial charge is 0.316 e. The lowest BCUT2D eigenvalue weighted by Crippen LogP contribution is -2.26. The van der Waals surface area contributed by atoms with Crippen molar-refractivity contribution < 1.29 is 14.3 Å². The molecular weight excluding hydrogens is 356 g/mol. The van der Waals surface area contributed by atoms with Gasteiger partial charge < -0.3 is 26.4 Å². The van der Waals surface area contributed by atoms with Crippen LogP contribution in [-0.2, 0) is 5.41 Å². The molecule has 0 atom stereocenters. The second-order valence-electron chi connectivity index (χ2n) is 7.29. The van der Waals surface area contributed by atoms with E-state index in [4.69, 9.17) is 10.5 Å². The molecule has 0 aliphatic heterocycles. The average molecular weight is 382 g/mol. The number of carbonyl (C=O) groups excluding carboxylic acids is 2. The van der Waals surface area contributed by atoms with Crippen LogP contribution in [-0.4, -0.2) is 19.0 Å². The molecule has 0 unspecified atom stereocenters. The maximum Gasteiger partial charge on any atom is 0.316 e. The number of nitrogens with two attached hydrogens (primary N) is 1. The summed E-state index contributed by atoms with van der Waals surface area (Å²) in [5.41, 5.74) is 7.90. The van der Waals surface area contributed by atoms with Gasteiger partial charge in [0.1, 0.15) is 11.6 Å². The highest BCUT2D eigenvalue weighted by Gasteiger charge is 2.14. The summed E-state index contributed by atoms with van der Waals surface area (Å²) in [7, 11) is 1.48. The van der Waals surface area contributed by atoms with E-state index in [1.165, 1.54) is 7.11 Å². The minimum Gasteiger partial charge on any atom is -0.494 e. The molecule has 0 aliphatic rings. The third-order valence-corrected chi connectivity index (χ3v) is 4.03. The number of carbonyl (C=O) groups is 2. The Morgan fingerprint density at radius 1 is 1.04 bits per heavy atom. The molecule has 0 saturated heterocycles. The topological polar surface area (TPSA) is 105 Å². The van der Waals surface area contributed by atoms with E-state index in [1.54, 1.807) is 30.3 Å². The number of urea groups is 1. The highest BCUT2D eigenvalue weighted by atomic mass is 16.5. The van der Waals surface area contributed by atoms with E-state index in [-0.39, 0.29) is 11.3 Å². The van der Waals surface area contributed by atoms with E-state index >= 15 is 0 Å². The second kappa shape index (κ2) is 8.47. The van der Waals surface area contributed by atoms with Crippen molar-refractivity contribution in [1.29, 1.82) is 0 Å². The lowest BCUT2D eigenvalue weighted by atomic mass is 9.87. The molecule has 2 aromatic rings. The molecule has 7 heteroatoms. The van der Waals surface area contributed by atoms with Gasteiger partial charge >= 0.3 is 6.03 Å². The van der Waals surface area contributed by atoms with Gasteiger partial charge in [0.2, 0.25) is 0 Å². The Labute approximate surface area is 165 Å². The van der Waals surface area contributed by atoms with Crippen LogP contribution in [0.4, 0.5) is 16.2 Å². The van der Waals surface area contributed by atoms with Gasteiger partial charge in [0.05, 0.1) is 12.8 Å². The molecule has 7 nitrogen and oxygen atoms in total. The first-order valence-corrected chi connectivity index (χ1v) is 8.72. The van der Waals surface area contributed by atoms with Gasteiger partial charge in [0, 0.05) is 17.3 Å². The van der Waals surface area contributed by atoms with Crippen molar-refractivity contribution in [1.82, 2.24) is 5.32 Å². The van der Waals surface area contributed by atoms with Gasteiger partial charge in [0.25, 0.3) is 5.91 Å². The monoisotopic (exact) mass is 382 g/mol. The SMILES string of the molecule is C=C(NC(=O)c1ccc(C(C)(C)C)cc1)Nc1ccc(NC(N)=O)c(OC)c1. The van der Waals surface area contributed by atoms with E-state index in [1.807, 2.05) is 12.1 Å². The summed E-state index contributed by atoms with van der Waals surface area (Å²) in [4.78, 5) is 23.4. The third kappa shape index (κ3) is 5.51. The zero-order valence-electron chi connectivity index (χ0n) is 16.6. The second-order valence-corrected chi connectivity index (χ2v) is 7.29. The van der Waals surface area contributed by atoms with E-state index < -0.39 is 6.03 Å². The lowest BCUT2D eigenvalue weighted by Gasteiger charge is -2.19. The summed E-state index contributed by atoms with van der Waals surface area (Å²) in [5, 5.41) is 8.16. The fourth-order valence-electron chi connectivity index (χ4n) is 2.54. The Morgan fingerprint density at radius 2 is 1.68 bits per heavy atom. The number of amides is 3. The Balaban J connectivity index is 2.03. The molecule has 148 valence electrons. The zero-order chi connectivity index (χ0) is 20.9. The fraction of sp³-hybridized carbons (Fsp3) is 0.238. The summed E-state index contributed by atoms with van der Waals surface area (Å²) in [5.74, 6) is 0.459. The molecule has 0 heterocycles. The van der Waals surface area contributed by atoms with E-state index in [2.05, 4.69) is 43.3 Å². The number of hydrogen-bond donors (Lipinski definition) is 4. The molecule has 0 fully saturated rings. The molecule has 2 aromatic carbocycles. The Bertz CT molecular complexity index is 884. The molecule has 0 radical (unpaired) electrons. The summed E-state index contributed by atoms with van der Waals surface area (Å²) < 4.78 is 5.23. The van der Waals surface area contributed by atoms with Crippen molar-refractivity contribution in [2.75, 3.05) is 17.7 Å². The van der Waals surface area contributed by atoms with Crippen LogP contribution in [0.5, 0.6) is 5.75 Å². The summed E-state index contributed by atoms with van der Waals surface area (Å²) in [6.45, 7) is 10.2. The fourth-order valence-corrected chi connectivity index (χ4v) is 2.54. The van der Waals surface area contributed by atoms with Crippen molar-refractivity contribution in [2.24, 2.45) is 5.73 Å². The van der Waals surface area contributed by atoms with E-state index in [0.717, 1.165) is 5.56 Å². The Morgan fingerprint density at radius 3 is 2.21 bits per heavy atom. The number of nitrogens with one attached hydrogen (secondary N) is 3. The van der Waals surface area contributed by atoms with Crippen molar-refractivity contribution >= 4 is 23.3 Å². The molecule has 2 rings (SSSR count). The van der Waals surface area contributed by atoms with Crippen molar-refractivity contribution in [3.05, 3.63) is 66.0 Å². The number of ether oxygens (including phenoxy) is 1. The van der Waals surface area contributed by atoms with Gasteiger partial charge in [-0.1, -0.05) is 39.5 Å². The standard InChI is InChI=1S/C21H26N4O3/c1-13(23-16-10-11-17(25-20(22)27)18(12-16)28-5)24-19(26)14-6-8-15(9-7-14)21(2,3)4/h6-12,23H,1H2,2-5H3,(H,24,26)(H3,22,25,27). The van der Waals surface area contributed by atoms with Crippen molar-refractivity contribution in [2.45, 2.75) is 26.2 Å². The molecule has 0 bridgehead atoms. The van der Waals surface area contributed by atoms with Crippen LogP contribution in [0.2, 0.25) is 0 Å². The molecule has 0 aromatic heterocycles. The summed E-state index contributed by atoms with van der Waals surface area (Å²) in [6, 6.07) is 11.8. The van der Waals surface area contributed by atoms with Crippen LogP contribution in [0.25, 0.3) is 0 Å². The third-order valence-electron chi connectivity index (χ3n) is 4.03. The van der Waals surface area contributed by atoms with Gasteiger partial charge in [-0.15, -0.1) is 0 Å². The highest BCUT2D eigenvalue weighted by molar-refractivity contribution is 5.95. The summed E-state index contributed by atoms with van der Waals surface area (Å²) in [6.07, 6.45) is 0. The van der Waals surface area contributed by atoms with Crippen LogP contribution in [0.1, 0.15) is 36.7 Å². The number of benzene rings is 2. The van der Waals surface area contributed by atoms with Gasteiger partial charge in [-0.05, 0) is 35.2 Å². The number of hydrogen-bond acceptors (Lipinski definition) is 4. The first-order chi connectivity index (χ1) is 13.1. The van der Waals surface area contributed by atoms with Crippen LogP contribution < -0.4 is 26.4 Å². The maximum absolute atomic E-state index is 12.4. The number of methoxy groups -OCH3 is 1. The van der Waals surface area contributed by atoms with E-state index in [0.29, 0.717) is 28.5 Å². The maximum atomic E-state index is 12.4. The number of primary amides is 1. The molecule has 28 heavy (non-hydrogen) atoms.